The first-order chi connectivity index (χ1) is 9.31. The molecule has 0 spiro atoms. The third kappa shape index (κ3) is 3.71. The number of hydrogen-bond donors (Lipinski definition) is 1. The number of fused-ring (bicyclic) bond motifs is 1. The van der Waals surface area contributed by atoms with Crippen molar-refractivity contribution in [1.29, 1.82) is 0 Å². The summed E-state index contributed by atoms with van der Waals surface area (Å²) in [6.07, 6.45) is 8.46. The van der Waals surface area contributed by atoms with Crippen molar-refractivity contribution < 1.29 is 0 Å². The monoisotopic (exact) mass is 265 g/mol. The molecule has 3 heterocycles. The van der Waals surface area contributed by atoms with Crippen molar-refractivity contribution in [2.75, 3.05) is 39.3 Å². The van der Waals surface area contributed by atoms with Crippen LogP contribution in [0.15, 0.2) is 0 Å². The third-order valence-electron chi connectivity index (χ3n) is 5.56. The lowest BCUT2D eigenvalue weighted by molar-refractivity contribution is 0.157. The zero-order chi connectivity index (χ0) is 13.1. The first-order valence-corrected chi connectivity index (χ1v) is 8.51. The Morgan fingerprint density at radius 3 is 2.68 bits per heavy atom. The van der Waals surface area contributed by atoms with Gasteiger partial charge in [0.15, 0.2) is 0 Å². The van der Waals surface area contributed by atoms with Gasteiger partial charge >= 0.3 is 0 Å². The Hall–Kier alpha value is -0.120. The van der Waals surface area contributed by atoms with Gasteiger partial charge in [-0.05, 0) is 70.6 Å². The maximum Gasteiger partial charge on any atom is 0.0111 e. The van der Waals surface area contributed by atoms with Crippen LogP contribution in [0.1, 0.15) is 45.4 Å². The molecule has 3 saturated heterocycles. The quantitative estimate of drug-likeness (QED) is 0.838. The number of likely N-dealkylation sites (tertiary alicyclic amines) is 1. The molecule has 1 N–H and O–H groups in total. The summed E-state index contributed by atoms with van der Waals surface area (Å²) >= 11 is 0. The fourth-order valence-electron chi connectivity index (χ4n) is 4.12. The van der Waals surface area contributed by atoms with Crippen LogP contribution in [0.5, 0.6) is 0 Å². The normalized spacial score (nSPS) is 34.6. The number of hydrogen-bond acceptors (Lipinski definition) is 3. The summed E-state index contributed by atoms with van der Waals surface area (Å²) in [7, 11) is 0. The average molecular weight is 265 g/mol. The lowest BCUT2D eigenvalue weighted by Crippen LogP contribution is -2.47. The van der Waals surface area contributed by atoms with E-state index >= 15 is 0 Å². The van der Waals surface area contributed by atoms with Gasteiger partial charge in [0.05, 0.1) is 0 Å². The van der Waals surface area contributed by atoms with Crippen LogP contribution in [-0.4, -0.2) is 61.2 Å². The van der Waals surface area contributed by atoms with Crippen molar-refractivity contribution in [1.82, 2.24) is 15.1 Å². The molecule has 0 aromatic rings. The molecular weight excluding hydrogens is 234 g/mol. The van der Waals surface area contributed by atoms with Crippen LogP contribution in [-0.2, 0) is 0 Å². The lowest BCUT2D eigenvalue weighted by Gasteiger charge is -2.36. The Labute approximate surface area is 118 Å². The van der Waals surface area contributed by atoms with Gasteiger partial charge in [-0.2, -0.15) is 0 Å². The first kappa shape index (κ1) is 13.8. The largest absolute Gasteiger partial charge is 0.313 e. The molecule has 2 atom stereocenters. The SMILES string of the molecule is CC1CCN(CCNC2CCN3CCCC3C2)CC1. The van der Waals surface area contributed by atoms with Crippen LogP contribution in [0.25, 0.3) is 0 Å². The van der Waals surface area contributed by atoms with E-state index in [1.807, 2.05) is 0 Å². The van der Waals surface area contributed by atoms with E-state index in [0.29, 0.717) is 0 Å². The summed E-state index contributed by atoms with van der Waals surface area (Å²) in [6, 6.07) is 1.70. The predicted molar refractivity (Wildman–Crippen MR) is 80.5 cm³/mol. The summed E-state index contributed by atoms with van der Waals surface area (Å²) in [6.45, 7) is 10.2. The molecule has 3 aliphatic rings. The molecule has 0 aromatic carbocycles. The highest BCUT2D eigenvalue weighted by Crippen LogP contribution is 2.26. The van der Waals surface area contributed by atoms with E-state index < -0.39 is 0 Å². The number of piperidine rings is 2. The maximum absolute atomic E-state index is 3.82. The molecule has 0 aromatic heterocycles. The molecule has 110 valence electrons. The van der Waals surface area contributed by atoms with Gasteiger partial charge < -0.3 is 15.1 Å². The van der Waals surface area contributed by atoms with Crippen molar-refractivity contribution >= 4 is 0 Å². The summed E-state index contributed by atoms with van der Waals surface area (Å²) < 4.78 is 0. The molecule has 3 fully saturated rings. The summed E-state index contributed by atoms with van der Waals surface area (Å²) in [4.78, 5) is 5.36. The van der Waals surface area contributed by atoms with Crippen LogP contribution < -0.4 is 5.32 Å². The molecule has 0 radical (unpaired) electrons. The van der Waals surface area contributed by atoms with Gasteiger partial charge in [-0.1, -0.05) is 6.92 Å². The van der Waals surface area contributed by atoms with Gasteiger partial charge in [-0.3, -0.25) is 0 Å². The average Bonchev–Trinajstić information content (AvgIpc) is 2.88. The van der Waals surface area contributed by atoms with E-state index in [9.17, 15) is 0 Å². The zero-order valence-corrected chi connectivity index (χ0v) is 12.6. The lowest BCUT2D eigenvalue weighted by atomic mass is 9.97. The highest BCUT2D eigenvalue weighted by Gasteiger charge is 2.31. The molecule has 0 amide bonds. The van der Waals surface area contributed by atoms with Crippen molar-refractivity contribution in [3.63, 3.8) is 0 Å². The van der Waals surface area contributed by atoms with E-state index in [4.69, 9.17) is 0 Å². The molecule has 2 unspecified atom stereocenters. The minimum atomic E-state index is 0.795. The van der Waals surface area contributed by atoms with Gasteiger partial charge in [0.25, 0.3) is 0 Å². The van der Waals surface area contributed by atoms with Gasteiger partial charge in [-0.25, -0.2) is 0 Å². The van der Waals surface area contributed by atoms with Crippen LogP contribution in [0.3, 0.4) is 0 Å². The molecule has 3 nitrogen and oxygen atoms in total. The first-order valence-electron chi connectivity index (χ1n) is 8.51. The van der Waals surface area contributed by atoms with E-state index in [1.54, 1.807) is 0 Å². The summed E-state index contributed by atoms with van der Waals surface area (Å²) in [5, 5.41) is 3.82. The minimum Gasteiger partial charge on any atom is -0.313 e. The molecule has 19 heavy (non-hydrogen) atoms. The highest BCUT2D eigenvalue weighted by atomic mass is 15.2. The second kappa shape index (κ2) is 6.55. The van der Waals surface area contributed by atoms with Gasteiger partial charge in [-0.15, -0.1) is 0 Å². The van der Waals surface area contributed by atoms with E-state index in [2.05, 4.69) is 22.0 Å². The standard InChI is InChI=1S/C16H31N3/c1-14-4-9-18(10-5-14)12-7-17-15-6-11-19-8-2-3-16(19)13-15/h14-17H,2-13H2,1H3. The topological polar surface area (TPSA) is 18.5 Å². The minimum absolute atomic E-state index is 0.795. The highest BCUT2D eigenvalue weighted by molar-refractivity contribution is 4.89. The van der Waals surface area contributed by atoms with E-state index in [0.717, 1.165) is 18.0 Å². The molecule has 0 bridgehead atoms. The van der Waals surface area contributed by atoms with Crippen LogP contribution >= 0.6 is 0 Å². The van der Waals surface area contributed by atoms with E-state index in [1.165, 1.54) is 77.8 Å². The van der Waals surface area contributed by atoms with Crippen LogP contribution in [0.4, 0.5) is 0 Å². The zero-order valence-electron chi connectivity index (χ0n) is 12.6. The van der Waals surface area contributed by atoms with Crippen molar-refractivity contribution in [3.05, 3.63) is 0 Å². The molecule has 3 rings (SSSR count). The second-order valence-corrected chi connectivity index (χ2v) is 7.03. The van der Waals surface area contributed by atoms with Crippen molar-refractivity contribution in [3.8, 4) is 0 Å². The Morgan fingerprint density at radius 2 is 1.84 bits per heavy atom. The summed E-state index contributed by atoms with van der Waals surface area (Å²) in [5.74, 6) is 0.955. The molecule has 3 aliphatic heterocycles. The smallest absolute Gasteiger partial charge is 0.0111 e. The maximum atomic E-state index is 3.82. The van der Waals surface area contributed by atoms with Crippen LogP contribution in [0.2, 0.25) is 0 Å². The third-order valence-corrected chi connectivity index (χ3v) is 5.56. The molecule has 0 saturated carbocycles. The Morgan fingerprint density at radius 1 is 1.00 bits per heavy atom. The Bertz CT molecular complexity index is 273. The fraction of sp³-hybridized carbons (Fsp3) is 1.00. The number of nitrogens with one attached hydrogen (secondary N) is 1. The van der Waals surface area contributed by atoms with Gasteiger partial charge in [0.2, 0.25) is 0 Å². The predicted octanol–water partition coefficient (Wildman–Crippen LogP) is 1.93. The van der Waals surface area contributed by atoms with Crippen molar-refractivity contribution in [2.45, 2.75) is 57.5 Å². The summed E-state index contributed by atoms with van der Waals surface area (Å²) in [5.41, 5.74) is 0. The molecule has 0 aliphatic carbocycles. The number of rotatable bonds is 4. The van der Waals surface area contributed by atoms with Gasteiger partial charge in [0, 0.05) is 25.2 Å². The Balaban J connectivity index is 1.32. The number of nitrogens with zero attached hydrogens (tertiary/aromatic N) is 2. The van der Waals surface area contributed by atoms with E-state index in [-0.39, 0.29) is 0 Å². The van der Waals surface area contributed by atoms with Gasteiger partial charge in [0.1, 0.15) is 0 Å². The molecule has 3 heteroatoms. The van der Waals surface area contributed by atoms with Crippen molar-refractivity contribution in [2.24, 2.45) is 5.92 Å². The molecular formula is C16H31N3. The Kier molecular flexibility index (Phi) is 4.78. The second-order valence-electron chi connectivity index (χ2n) is 7.03. The fourth-order valence-corrected chi connectivity index (χ4v) is 4.12. The van der Waals surface area contributed by atoms with Crippen LogP contribution in [0, 0.1) is 5.92 Å².